The summed E-state index contributed by atoms with van der Waals surface area (Å²) in [7, 11) is 0. The van der Waals surface area contributed by atoms with Crippen molar-refractivity contribution in [3.8, 4) is 11.5 Å². The van der Waals surface area contributed by atoms with Gasteiger partial charge in [-0.1, -0.05) is 54.6 Å². The van der Waals surface area contributed by atoms with E-state index in [0.29, 0.717) is 5.89 Å². The zero-order valence-corrected chi connectivity index (χ0v) is 31.6. The number of para-hydroxylation sites is 2. The van der Waals surface area contributed by atoms with Gasteiger partial charge in [0, 0.05) is 59.9 Å². The molecule has 0 aliphatic rings. The van der Waals surface area contributed by atoms with Crippen LogP contribution in [-0.2, 0) is 0 Å². The van der Waals surface area contributed by atoms with Crippen LogP contribution in [0.15, 0.2) is 192 Å². The third-order valence-electron chi connectivity index (χ3n) is 10.8. The maximum atomic E-state index is 14.2. The molecule has 7 heteroatoms. The molecule has 0 saturated heterocycles. The number of hydrogen-bond acceptors (Lipinski definition) is 5. The highest BCUT2D eigenvalue weighted by atomic mass is 32.1. The molecule has 0 bridgehead atoms. The Bertz CT molecular complexity index is 3290. The van der Waals surface area contributed by atoms with Crippen LogP contribution in [0.5, 0.6) is 0 Å². The van der Waals surface area contributed by atoms with Gasteiger partial charge in [-0.25, -0.2) is 13.8 Å². The van der Waals surface area contributed by atoms with E-state index in [1.807, 2.05) is 60.7 Å². The van der Waals surface area contributed by atoms with Crippen LogP contribution >= 0.6 is 11.3 Å². The van der Waals surface area contributed by atoms with E-state index in [1.165, 1.54) is 44.4 Å². The van der Waals surface area contributed by atoms with Crippen LogP contribution in [0.25, 0.3) is 64.3 Å². The first-order valence-corrected chi connectivity index (χ1v) is 19.8. The van der Waals surface area contributed by atoms with Crippen molar-refractivity contribution in [1.82, 2.24) is 4.98 Å². The number of hydrogen-bond donors (Lipinski definition) is 0. The van der Waals surface area contributed by atoms with Gasteiger partial charge in [0.1, 0.15) is 17.2 Å². The molecule has 0 atom stereocenters. The lowest BCUT2D eigenvalue weighted by molar-refractivity contribution is 0.620. The van der Waals surface area contributed by atoms with Crippen molar-refractivity contribution >= 4 is 98.3 Å². The smallest absolute Gasteiger partial charge is 0.227 e. The van der Waals surface area contributed by atoms with Crippen LogP contribution in [0.3, 0.4) is 0 Å². The van der Waals surface area contributed by atoms with Crippen molar-refractivity contribution in [2.75, 3.05) is 9.80 Å². The largest absolute Gasteiger partial charge is 0.436 e. The summed E-state index contributed by atoms with van der Waals surface area (Å²) in [5.74, 6) is -0.0140. The van der Waals surface area contributed by atoms with E-state index in [1.54, 1.807) is 23.5 Å². The van der Waals surface area contributed by atoms with Crippen molar-refractivity contribution in [3.63, 3.8) is 0 Å². The first-order valence-electron chi connectivity index (χ1n) is 19.0. The molecule has 9 aromatic carbocycles. The first-order chi connectivity index (χ1) is 28.5. The minimum absolute atomic E-state index is 0.276. The van der Waals surface area contributed by atoms with Gasteiger partial charge in [0.25, 0.3) is 0 Å². The van der Waals surface area contributed by atoms with Crippen molar-refractivity contribution in [2.24, 2.45) is 0 Å². The fraction of sp³-hybridized carbons (Fsp3) is 0. The molecule has 2 heterocycles. The number of oxazole rings is 1. The number of fused-ring (bicyclic) bond motifs is 7. The van der Waals surface area contributed by atoms with E-state index >= 15 is 0 Å². The summed E-state index contributed by atoms with van der Waals surface area (Å²) in [6.07, 6.45) is 0. The molecule has 58 heavy (non-hydrogen) atoms. The second-order valence-corrected chi connectivity index (χ2v) is 15.4. The number of anilines is 6. The molecule has 2 aromatic heterocycles. The van der Waals surface area contributed by atoms with Gasteiger partial charge in [0.05, 0.1) is 0 Å². The Morgan fingerprint density at radius 3 is 1.55 bits per heavy atom. The standard InChI is InChI=1S/C51H31F2N3OS/c52-35-13-19-38(20-14-35)55(37-17-11-32(12-18-37)51-54-47-6-2-3-7-48(47)57-51)40-23-26-43-33(29-40)9-10-34-30-41(24-27-44(34)43)56(39-21-15-36(53)16-22-39)42-25-28-50-46(31-42)45-5-1-4-8-49(45)58-50/h1-31H. The zero-order valence-electron chi connectivity index (χ0n) is 30.8. The third-order valence-corrected chi connectivity index (χ3v) is 11.9. The van der Waals surface area contributed by atoms with Gasteiger partial charge in [-0.05, 0) is 155 Å². The third kappa shape index (κ3) is 5.92. The quantitative estimate of drug-likeness (QED) is 0.151. The molecule has 0 fully saturated rings. The van der Waals surface area contributed by atoms with Crippen molar-refractivity contribution in [2.45, 2.75) is 0 Å². The molecule has 11 rings (SSSR count). The number of rotatable bonds is 7. The molecule has 11 aromatic rings. The number of thiophene rings is 1. The van der Waals surface area contributed by atoms with Crippen molar-refractivity contribution in [3.05, 3.63) is 200 Å². The average molecular weight is 772 g/mol. The molecule has 0 N–H and O–H groups in total. The number of halogens is 2. The topological polar surface area (TPSA) is 32.5 Å². The van der Waals surface area contributed by atoms with Crippen LogP contribution in [0.4, 0.5) is 42.9 Å². The highest BCUT2D eigenvalue weighted by Crippen LogP contribution is 2.43. The lowest BCUT2D eigenvalue weighted by Crippen LogP contribution is -2.10. The summed E-state index contributed by atoms with van der Waals surface area (Å²) >= 11 is 1.79. The fourth-order valence-electron chi connectivity index (χ4n) is 8.00. The molecule has 0 unspecified atom stereocenters. The highest BCUT2D eigenvalue weighted by molar-refractivity contribution is 7.25. The first kappa shape index (κ1) is 33.9. The SMILES string of the molecule is Fc1ccc(N(c2ccc(-c3nc4ccccc4o3)cc2)c2ccc3c(ccc4cc(N(c5ccc(F)cc5)c5ccc6sc7ccccc7c6c5)ccc43)c2)cc1. The highest BCUT2D eigenvalue weighted by Gasteiger charge is 2.18. The van der Waals surface area contributed by atoms with Crippen LogP contribution in [0.2, 0.25) is 0 Å². The summed E-state index contributed by atoms with van der Waals surface area (Å²) in [4.78, 5) is 8.98. The average Bonchev–Trinajstić information content (AvgIpc) is 3.87. The van der Waals surface area contributed by atoms with Gasteiger partial charge in [0.2, 0.25) is 5.89 Å². The molecule has 0 radical (unpaired) electrons. The van der Waals surface area contributed by atoms with E-state index in [4.69, 9.17) is 4.42 Å². The van der Waals surface area contributed by atoms with Gasteiger partial charge in [0.15, 0.2) is 5.58 Å². The Hall–Kier alpha value is -7.35. The minimum Gasteiger partial charge on any atom is -0.436 e. The predicted molar refractivity (Wildman–Crippen MR) is 237 cm³/mol. The van der Waals surface area contributed by atoms with E-state index in [-0.39, 0.29) is 11.6 Å². The Morgan fingerprint density at radius 1 is 0.414 bits per heavy atom. The summed E-state index contributed by atoms with van der Waals surface area (Å²) in [6, 6.07) is 61.3. The van der Waals surface area contributed by atoms with E-state index in [0.717, 1.165) is 72.3 Å². The maximum Gasteiger partial charge on any atom is 0.227 e. The Kier molecular flexibility index (Phi) is 8.01. The van der Waals surface area contributed by atoms with E-state index < -0.39 is 0 Å². The second kappa shape index (κ2) is 13.7. The van der Waals surface area contributed by atoms with Crippen molar-refractivity contribution < 1.29 is 13.2 Å². The lowest BCUT2D eigenvalue weighted by atomic mass is 10.00. The number of aromatic nitrogens is 1. The number of nitrogens with zero attached hydrogens (tertiary/aromatic N) is 3. The molecule has 0 saturated carbocycles. The second-order valence-electron chi connectivity index (χ2n) is 14.3. The van der Waals surface area contributed by atoms with Crippen LogP contribution < -0.4 is 9.80 Å². The maximum absolute atomic E-state index is 14.2. The zero-order chi connectivity index (χ0) is 38.7. The van der Waals surface area contributed by atoms with Gasteiger partial charge in [-0.15, -0.1) is 11.3 Å². The molecule has 0 amide bonds. The van der Waals surface area contributed by atoms with Gasteiger partial charge >= 0.3 is 0 Å². The van der Waals surface area contributed by atoms with Crippen LogP contribution in [0.1, 0.15) is 0 Å². The Labute approximate surface area is 336 Å². The molecule has 0 aliphatic heterocycles. The van der Waals surface area contributed by atoms with Gasteiger partial charge < -0.3 is 14.2 Å². The number of benzene rings is 9. The lowest BCUT2D eigenvalue weighted by Gasteiger charge is -2.27. The van der Waals surface area contributed by atoms with Crippen LogP contribution in [-0.4, -0.2) is 4.98 Å². The normalized spacial score (nSPS) is 11.6. The summed E-state index contributed by atoms with van der Waals surface area (Å²) in [5, 5.41) is 6.79. The van der Waals surface area contributed by atoms with E-state index in [9.17, 15) is 8.78 Å². The Balaban J connectivity index is 0.985. The molecular weight excluding hydrogens is 741 g/mol. The molecular formula is C51H31F2N3OS. The molecule has 0 spiro atoms. The molecule has 4 nitrogen and oxygen atoms in total. The Morgan fingerprint density at radius 2 is 0.914 bits per heavy atom. The summed E-state index contributed by atoms with van der Waals surface area (Å²) in [6.45, 7) is 0. The molecule has 0 aliphatic carbocycles. The molecule has 276 valence electrons. The van der Waals surface area contributed by atoms with Crippen LogP contribution in [0, 0.1) is 11.6 Å². The summed E-state index contributed by atoms with van der Waals surface area (Å²) < 4.78 is 36.9. The monoisotopic (exact) mass is 771 g/mol. The van der Waals surface area contributed by atoms with Gasteiger partial charge in [-0.2, -0.15) is 0 Å². The predicted octanol–water partition coefficient (Wildman–Crippen LogP) is 15.4. The van der Waals surface area contributed by atoms with Gasteiger partial charge in [-0.3, -0.25) is 0 Å². The van der Waals surface area contributed by atoms with Crippen molar-refractivity contribution in [1.29, 1.82) is 0 Å². The van der Waals surface area contributed by atoms with E-state index in [2.05, 4.69) is 106 Å². The minimum atomic E-state index is -0.294. The fourth-order valence-corrected chi connectivity index (χ4v) is 9.09. The summed E-state index contributed by atoms with van der Waals surface area (Å²) in [5.41, 5.74) is 7.92.